The monoisotopic (exact) mass is 1060 g/mol. The van der Waals surface area contributed by atoms with E-state index in [0.717, 1.165) is 50.7 Å². The molecule has 3 aromatic carbocycles. The number of aryl methyl sites for hydroxylation is 1. The van der Waals surface area contributed by atoms with Crippen LogP contribution >= 0.6 is 23.6 Å². The number of hydrogen-bond acceptors (Lipinski definition) is 11. The first-order valence-corrected chi connectivity index (χ1v) is 25.8. The number of carbonyl (C=O) groups excluding carboxylic acids is 4. The summed E-state index contributed by atoms with van der Waals surface area (Å²) < 4.78 is 53.3. The number of nitriles is 1. The van der Waals surface area contributed by atoms with E-state index in [9.17, 15) is 42.7 Å². The molecule has 5 atom stereocenters. The Hall–Kier alpha value is -7.14. The van der Waals surface area contributed by atoms with Gasteiger partial charge in [0.1, 0.15) is 35.7 Å². The minimum Gasteiger partial charge on any atom is -0.489 e. The molecule has 2 aliphatic heterocycles. The van der Waals surface area contributed by atoms with Crippen LogP contribution in [0.3, 0.4) is 0 Å². The number of aliphatic hydroxyl groups excluding tert-OH is 1. The van der Waals surface area contributed by atoms with Gasteiger partial charge in [-0.05, 0) is 134 Å². The number of thiocarbonyl (C=S) groups is 1. The van der Waals surface area contributed by atoms with Crippen LogP contribution in [0.5, 0.6) is 5.75 Å². The van der Waals surface area contributed by atoms with Crippen LogP contribution in [0.1, 0.15) is 76.3 Å². The lowest BCUT2D eigenvalue weighted by molar-refractivity contribution is -0.144. The van der Waals surface area contributed by atoms with Crippen molar-refractivity contribution in [1.82, 2.24) is 20.5 Å². The molecule has 4 aromatic rings. The van der Waals surface area contributed by atoms with Gasteiger partial charge in [-0.25, -0.2) is 4.98 Å². The molecule has 2 aliphatic carbocycles. The van der Waals surface area contributed by atoms with Gasteiger partial charge in [0.25, 0.3) is 11.8 Å². The summed E-state index contributed by atoms with van der Waals surface area (Å²) in [6, 6.07) is 17.5. The van der Waals surface area contributed by atoms with Gasteiger partial charge in [-0.2, -0.15) is 18.4 Å². The Morgan fingerprint density at radius 1 is 0.973 bits per heavy atom. The van der Waals surface area contributed by atoms with E-state index in [1.807, 2.05) is 70.2 Å². The van der Waals surface area contributed by atoms with Crippen molar-refractivity contribution in [3.05, 3.63) is 142 Å². The number of aliphatic hydroxyl groups is 1. The highest BCUT2D eigenvalue weighted by atomic mass is 32.1. The second kappa shape index (κ2) is 22.0. The van der Waals surface area contributed by atoms with E-state index in [4.69, 9.17) is 21.7 Å². The smallest absolute Gasteiger partial charge is 0.417 e. The van der Waals surface area contributed by atoms with Crippen LogP contribution in [0.25, 0.3) is 10.4 Å². The number of anilines is 2. The van der Waals surface area contributed by atoms with Crippen molar-refractivity contribution >= 4 is 63.7 Å². The first kappa shape index (κ1) is 54.1. The predicted octanol–water partition coefficient (Wildman–Crippen LogP) is 9.09. The highest BCUT2D eigenvalue weighted by Crippen LogP contribution is 2.40. The molecule has 0 saturated carbocycles. The van der Waals surface area contributed by atoms with Gasteiger partial charge in [-0.1, -0.05) is 69.3 Å². The molecular formula is C56H58F3N7O7S2. The highest BCUT2D eigenvalue weighted by Gasteiger charge is 2.51. The first-order valence-electron chi connectivity index (χ1n) is 24.5. The number of β-amino-alcohol motifs (C(OH)–C–C–N with tert-alkyl or cyclic N) is 1. The van der Waals surface area contributed by atoms with Crippen molar-refractivity contribution < 1.29 is 46.9 Å². The summed E-state index contributed by atoms with van der Waals surface area (Å²) in [4.78, 5) is 64.0. The molecule has 0 radical (unpaired) electrons. The van der Waals surface area contributed by atoms with Crippen molar-refractivity contribution in [2.45, 2.75) is 97.3 Å². The number of aromatic nitrogens is 1. The van der Waals surface area contributed by atoms with E-state index in [1.165, 1.54) is 11.0 Å². The number of nitrogens with one attached hydrogen (secondary N) is 2. The molecule has 75 heavy (non-hydrogen) atoms. The molecule has 14 nitrogen and oxygen atoms in total. The van der Waals surface area contributed by atoms with Gasteiger partial charge < -0.3 is 35.0 Å². The third-order valence-corrected chi connectivity index (χ3v) is 15.1. The van der Waals surface area contributed by atoms with E-state index in [2.05, 4.69) is 33.8 Å². The number of hydrogen-bond donors (Lipinski definition) is 3. The Kier molecular flexibility index (Phi) is 15.9. The third-order valence-electron chi connectivity index (χ3n) is 13.8. The molecule has 4 aliphatic rings. The predicted molar refractivity (Wildman–Crippen MR) is 283 cm³/mol. The molecule has 0 bridgehead atoms. The molecule has 2 saturated heterocycles. The maximum absolute atomic E-state index is 14.1. The van der Waals surface area contributed by atoms with Crippen molar-refractivity contribution in [1.29, 1.82) is 5.26 Å². The third kappa shape index (κ3) is 12.0. The number of benzene rings is 3. The molecular weight excluding hydrogens is 1000 g/mol. The van der Waals surface area contributed by atoms with Gasteiger partial charge in [-0.15, -0.1) is 11.3 Å². The lowest BCUT2D eigenvalue weighted by atomic mass is 9.81. The van der Waals surface area contributed by atoms with Crippen LogP contribution in [-0.4, -0.2) is 87.2 Å². The zero-order valence-electron chi connectivity index (χ0n) is 42.3. The van der Waals surface area contributed by atoms with Gasteiger partial charge >= 0.3 is 6.18 Å². The van der Waals surface area contributed by atoms with Crippen LogP contribution in [-0.2, 0) is 36.6 Å². The molecule has 2 unspecified atom stereocenters. The molecule has 2 fully saturated rings. The highest BCUT2D eigenvalue weighted by molar-refractivity contribution is 7.81. The summed E-state index contributed by atoms with van der Waals surface area (Å²) >= 11 is 7.23. The maximum atomic E-state index is 14.1. The van der Waals surface area contributed by atoms with Crippen molar-refractivity contribution in [3.63, 3.8) is 0 Å². The number of allylic oxidation sites excluding steroid dienone is 5. The Bertz CT molecular complexity index is 3030. The number of likely N-dealkylation sites (tertiary alicyclic amines) is 1. The fourth-order valence-electron chi connectivity index (χ4n) is 9.60. The average molecular weight is 1060 g/mol. The lowest BCUT2D eigenvalue weighted by Crippen LogP contribution is -2.58. The number of thiazole rings is 1. The summed E-state index contributed by atoms with van der Waals surface area (Å²) in [6.45, 7) is 10.9. The molecule has 392 valence electrons. The SMILES string of the molecule is Cc1ncsc1-c1ccc(CNC(=O)[C@H]2C[C@@H](O)CN2C(=O)[C@@H](NC(=O)COC2=CCC(C3C=CC(COc4ccc(N5C(=S)N(c6ccc(C#N)c(C(F)(F)F)c6)C(=O)C5(C)C)cc4)=CC3)C=C2)C(C)(C)C)cc1. The molecule has 4 amide bonds. The zero-order chi connectivity index (χ0) is 54.0. The number of carbonyl (C=O) groups is 4. The van der Waals surface area contributed by atoms with E-state index < -0.39 is 64.2 Å². The normalized spacial score (nSPS) is 20.8. The molecule has 3 N–H and O–H groups in total. The number of nitrogens with zero attached hydrogens (tertiary/aromatic N) is 5. The lowest BCUT2D eigenvalue weighted by Gasteiger charge is -2.35. The number of rotatable bonds is 15. The quantitative estimate of drug-likeness (QED) is 0.0968. The first-order chi connectivity index (χ1) is 35.5. The number of halogens is 3. The van der Waals surface area contributed by atoms with Crippen molar-refractivity contribution in [3.8, 4) is 22.3 Å². The van der Waals surface area contributed by atoms with E-state index >= 15 is 0 Å². The maximum Gasteiger partial charge on any atom is 0.417 e. The molecule has 0 spiro atoms. The second-order valence-corrected chi connectivity index (χ2v) is 21.8. The van der Waals surface area contributed by atoms with Gasteiger partial charge in [0, 0.05) is 25.2 Å². The fraction of sp³-hybridized carbons (Fsp3) is 0.375. The largest absolute Gasteiger partial charge is 0.489 e. The fourth-order valence-corrected chi connectivity index (χ4v) is 10.9. The Balaban J connectivity index is 0.784. The minimum atomic E-state index is -4.81. The van der Waals surface area contributed by atoms with Crippen LogP contribution in [0.2, 0.25) is 0 Å². The van der Waals surface area contributed by atoms with Gasteiger partial charge in [-0.3, -0.25) is 24.1 Å². The summed E-state index contributed by atoms with van der Waals surface area (Å²) in [5.41, 5.74) is 2.43. The Morgan fingerprint density at radius 2 is 1.65 bits per heavy atom. The van der Waals surface area contributed by atoms with Crippen LogP contribution in [0.15, 0.2) is 120 Å². The number of amides is 4. The van der Waals surface area contributed by atoms with E-state index in [1.54, 1.807) is 65.9 Å². The molecule has 3 heterocycles. The van der Waals surface area contributed by atoms with Gasteiger partial charge in [0.2, 0.25) is 11.8 Å². The molecule has 8 rings (SSSR count). The van der Waals surface area contributed by atoms with Crippen molar-refractivity contribution in [2.75, 3.05) is 29.6 Å². The Labute approximate surface area is 443 Å². The zero-order valence-corrected chi connectivity index (χ0v) is 43.9. The summed E-state index contributed by atoms with van der Waals surface area (Å²) in [5.74, 6) is -0.381. The van der Waals surface area contributed by atoms with Crippen LogP contribution in [0.4, 0.5) is 24.5 Å². The van der Waals surface area contributed by atoms with Crippen molar-refractivity contribution in [2.24, 2.45) is 17.3 Å². The topological polar surface area (TPSA) is 177 Å². The number of ether oxygens (including phenoxy) is 2. The second-order valence-electron chi connectivity index (χ2n) is 20.6. The van der Waals surface area contributed by atoms with E-state index in [-0.39, 0.29) is 54.7 Å². The van der Waals surface area contributed by atoms with Gasteiger partial charge in [0.15, 0.2) is 11.7 Å². The minimum absolute atomic E-state index is 0.00460. The molecule has 19 heteroatoms. The average Bonchev–Trinajstić information content (AvgIpc) is 4.06. The standard InChI is InChI=1S/C56H58F3N7O7S2/c1-33-48(75-32-62-33)38-13-7-34(8-14-38)28-61-50(69)46-26-42(67)29-64(46)51(70)49(54(2,3)4)63-47(68)31-73-43-21-16-37(17-22-43)36-11-9-35(10-12-36)30-72-44-23-19-40(20-24-44)66-53(74)65(52(71)55(66,5)6)41-18-15-39(27-60)45(25-41)56(57,58)59/h7-11,13-16,18-25,32,36-37,42,46,49,67H,12,17,26,28-31H2,1-6H3,(H,61,69)(H,63,68)/t36?,37?,42-,46-,49-/m1/s1. The Morgan fingerprint density at radius 3 is 2.25 bits per heavy atom. The van der Waals surface area contributed by atoms with Crippen LogP contribution in [0, 0.1) is 35.5 Å². The number of alkyl halides is 3. The molecule has 1 aromatic heterocycles. The van der Waals surface area contributed by atoms with Crippen LogP contribution < -0.4 is 25.2 Å². The summed E-state index contributed by atoms with van der Waals surface area (Å²) in [7, 11) is 0. The summed E-state index contributed by atoms with van der Waals surface area (Å²) in [6.07, 6.45) is 7.98. The summed E-state index contributed by atoms with van der Waals surface area (Å²) in [5, 5.41) is 25.6. The van der Waals surface area contributed by atoms with Gasteiger partial charge in [0.05, 0.1) is 45.1 Å². The van der Waals surface area contributed by atoms with E-state index in [0.29, 0.717) is 30.2 Å².